The Bertz CT molecular complexity index is 463. The van der Waals surface area contributed by atoms with Gasteiger partial charge in [-0.3, -0.25) is 19.6 Å². The van der Waals surface area contributed by atoms with Gasteiger partial charge in [0.05, 0.1) is 50.0 Å². The normalized spacial score (nSPS) is 18.0. The minimum absolute atomic E-state index is 0.0698. The van der Waals surface area contributed by atoms with Crippen molar-refractivity contribution >= 4 is 23.0 Å². The fraction of sp³-hybridized carbons (Fsp3) is 0.556. The summed E-state index contributed by atoms with van der Waals surface area (Å²) >= 11 is 0. The van der Waals surface area contributed by atoms with Crippen molar-refractivity contribution in [3.8, 4) is 0 Å². The molecule has 0 radical (unpaired) electrons. The summed E-state index contributed by atoms with van der Waals surface area (Å²) < 4.78 is 10.0. The Balaban J connectivity index is 2.34. The van der Waals surface area contributed by atoms with Crippen molar-refractivity contribution < 1.29 is 19.1 Å². The number of hydrogen-bond acceptors (Lipinski definition) is 6. The SMILES string of the molecule is C=COCCCCN=C1CC(=O)C(=NCCCCOC=C)CC1=O. The average molecular weight is 334 g/mol. The van der Waals surface area contributed by atoms with E-state index in [1.165, 1.54) is 12.5 Å². The molecule has 6 heteroatoms. The van der Waals surface area contributed by atoms with Crippen molar-refractivity contribution in [1.82, 2.24) is 0 Å². The lowest BCUT2D eigenvalue weighted by molar-refractivity contribution is -0.116. The third-order valence-electron chi connectivity index (χ3n) is 3.48. The quantitative estimate of drug-likeness (QED) is 0.406. The summed E-state index contributed by atoms with van der Waals surface area (Å²) in [4.78, 5) is 32.6. The minimum Gasteiger partial charge on any atom is -0.502 e. The van der Waals surface area contributed by atoms with Crippen LogP contribution in [0.3, 0.4) is 0 Å². The van der Waals surface area contributed by atoms with Gasteiger partial charge in [-0.25, -0.2) is 0 Å². The maximum absolute atomic E-state index is 12.1. The zero-order valence-corrected chi connectivity index (χ0v) is 14.2. The molecule has 0 aromatic carbocycles. The van der Waals surface area contributed by atoms with Crippen LogP contribution in [0.15, 0.2) is 35.7 Å². The summed E-state index contributed by atoms with van der Waals surface area (Å²) in [6, 6.07) is 0. The Labute approximate surface area is 143 Å². The van der Waals surface area contributed by atoms with Crippen LogP contribution in [0.5, 0.6) is 0 Å². The molecule has 1 fully saturated rings. The first kappa shape index (κ1) is 19.8. The first-order chi connectivity index (χ1) is 11.7. The number of rotatable bonds is 12. The molecule has 0 spiro atoms. The van der Waals surface area contributed by atoms with Crippen molar-refractivity contribution in [2.45, 2.75) is 38.5 Å². The summed E-state index contributed by atoms with van der Waals surface area (Å²) in [5.74, 6) is -0.184. The lowest BCUT2D eigenvalue weighted by atomic mass is 9.93. The van der Waals surface area contributed by atoms with Crippen molar-refractivity contribution in [3.05, 3.63) is 25.7 Å². The molecule has 0 aromatic rings. The molecular weight excluding hydrogens is 308 g/mol. The van der Waals surface area contributed by atoms with E-state index in [9.17, 15) is 9.59 Å². The molecule has 0 unspecified atom stereocenters. The van der Waals surface area contributed by atoms with Crippen molar-refractivity contribution in [3.63, 3.8) is 0 Å². The van der Waals surface area contributed by atoms with Gasteiger partial charge in [0.1, 0.15) is 0 Å². The lowest BCUT2D eigenvalue weighted by Crippen LogP contribution is -2.33. The largest absolute Gasteiger partial charge is 0.502 e. The number of hydrogen-bond donors (Lipinski definition) is 0. The summed E-state index contributed by atoms with van der Waals surface area (Å²) in [7, 11) is 0. The molecule has 1 saturated carbocycles. The van der Waals surface area contributed by atoms with E-state index in [0.717, 1.165) is 25.7 Å². The van der Waals surface area contributed by atoms with E-state index in [-0.39, 0.29) is 24.4 Å². The predicted molar refractivity (Wildman–Crippen MR) is 94.6 cm³/mol. The minimum atomic E-state index is -0.0920. The van der Waals surface area contributed by atoms with E-state index in [1.807, 2.05) is 0 Å². The van der Waals surface area contributed by atoms with Crippen LogP contribution in [0.1, 0.15) is 38.5 Å². The predicted octanol–water partition coefficient (Wildman–Crippen LogP) is 2.68. The van der Waals surface area contributed by atoms with Gasteiger partial charge >= 0.3 is 0 Å². The van der Waals surface area contributed by atoms with Crippen LogP contribution in [0.2, 0.25) is 0 Å². The van der Waals surface area contributed by atoms with Gasteiger partial charge < -0.3 is 9.47 Å². The summed E-state index contributed by atoms with van der Waals surface area (Å²) in [5.41, 5.74) is 0.756. The number of Topliss-reactive ketones (excluding diaryl/α,β-unsaturated/α-hetero) is 2. The second-order valence-electron chi connectivity index (χ2n) is 5.35. The molecule has 24 heavy (non-hydrogen) atoms. The number of nitrogens with zero attached hydrogens (tertiary/aromatic N) is 2. The number of ketones is 2. The Morgan fingerprint density at radius 1 is 0.792 bits per heavy atom. The van der Waals surface area contributed by atoms with E-state index in [0.29, 0.717) is 37.7 Å². The molecule has 1 rings (SSSR count). The maximum Gasteiger partial charge on any atom is 0.183 e. The maximum atomic E-state index is 12.1. The highest BCUT2D eigenvalue weighted by Crippen LogP contribution is 2.09. The van der Waals surface area contributed by atoms with Crippen LogP contribution in [0.4, 0.5) is 0 Å². The molecular formula is C18H26N2O4. The highest BCUT2D eigenvalue weighted by Gasteiger charge is 2.27. The molecule has 0 saturated heterocycles. The van der Waals surface area contributed by atoms with Gasteiger partial charge in [-0.05, 0) is 25.7 Å². The van der Waals surface area contributed by atoms with Gasteiger partial charge in [0, 0.05) is 13.1 Å². The molecule has 0 N–H and O–H groups in total. The molecule has 0 amide bonds. The van der Waals surface area contributed by atoms with Crippen LogP contribution in [-0.4, -0.2) is 49.3 Å². The Morgan fingerprint density at radius 2 is 1.21 bits per heavy atom. The first-order valence-corrected chi connectivity index (χ1v) is 8.27. The zero-order valence-electron chi connectivity index (χ0n) is 14.2. The van der Waals surface area contributed by atoms with Crippen LogP contribution in [-0.2, 0) is 19.1 Å². The lowest BCUT2D eigenvalue weighted by Gasteiger charge is -2.13. The highest BCUT2D eigenvalue weighted by atomic mass is 16.5. The third-order valence-corrected chi connectivity index (χ3v) is 3.48. The molecule has 0 atom stereocenters. The van der Waals surface area contributed by atoms with E-state index in [4.69, 9.17) is 9.47 Å². The smallest absolute Gasteiger partial charge is 0.183 e. The Morgan fingerprint density at radius 3 is 1.58 bits per heavy atom. The summed E-state index contributed by atoms with van der Waals surface area (Å²) in [6.07, 6.45) is 6.26. The molecule has 0 bridgehead atoms. The van der Waals surface area contributed by atoms with Crippen LogP contribution in [0.25, 0.3) is 0 Å². The number of ether oxygens (including phenoxy) is 2. The van der Waals surface area contributed by atoms with Crippen LogP contribution >= 0.6 is 0 Å². The van der Waals surface area contributed by atoms with Crippen LogP contribution in [0, 0.1) is 0 Å². The zero-order chi connectivity index (χ0) is 17.6. The van der Waals surface area contributed by atoms with Gasteiger partial charge in [0.25, 0.3) is 0 Å². The number of aliphatic imine (C=N–C) groups is 2. The third kappa shape index (κ3) is 7.85. The van der Waals surface area contributed by atoms with E-state index in [2.05, 4.69) is 23.1 Å². The van der Waals surface area contributed by atoms with Gasteiger partial charge in [-0.1, -0.05) is 13.2 Å². The molecule has 6 nitrogen and oxygen atoms in total. The molecule has 132 valence electrons. The molecule has 0 aromatic heterocycles. The summed E-state index contributed by atoms with van der Waals surface area (Å²) in [5, 5.41) is 0. The highest BCUT2D eigenvalue weighted by molar-refractivity contribution is 6.60. The summed E-state index contributed by atoms with van der Waals surface area (Å²) in [6.45, 7) is 9.18. The molecule has 0 aliphatic heterocycles. The van der Waals surface area contributed by atoms with Gasteiger partial charge in [0.2, 0.25) is 0 Å². The van der Waals surface area contributed by atoms with Gasteiger partial charge in [-0.15, -0.1) is 0 Å². The number of unbranched alkanes of at least 4 members (excludes halogenated alkanes) is 2. The molecule has 1 aliphatic rings. The van der Waals surface area contributed by atoms with E-state index >= 15 is 0 Å². The fourth-order valence-electron chi connectivity index (χ4n) is 2.18. The van der Waals surface area contributed by atoms with E-state index in [1.54, 1.807) is 0 Å². The van der Waals surface area contributed by atoms with Crippen molar-refractivity contribution in [2.24, 2.45) is 9.98 Å². The Hall–Kier alpha value is -2.24. The van der Waals surface area contributed by atoms with E-state index < -0.39 is 0 Å². The topological polar surface area (TPSA) is 77.3 Å². The monoisotopic (exact) mass is 334 g/mol. The van der Waals surface area contributed by atoms with Crippen molar-refractivity contribution in [2.75, 3.05) is 26.3 Å². The fourth-order valence-corrected chi connectivity index (χ4v) is 2.18. The Kier molecular flexibility index (Phi) is 10.1. The van der Waals surface area contributed by atoms with Gasteiger partial charge in [-0.2, -0.15) is 0 Å². The standard InChI is InChI=1S/C18H26N2O4/c1-3-23-11-7-5-9-19-15-13-18(22)16(14-17(15)21)20-10-6-8-12-24-4-2/h3-4H,1-2,5-14H2. The second-order valence-corrected chi connectivity index (χ2v) is 5.35. The average Bonchev–Trinajstić information content (AvgIpc) is 2.57. The van der Waals surface area contributed by atoms with Crippen LogP contribution < -0.4 is 0 Å². The van der Waals surface area contributed by atoms with Crippen molar-refractivity contribution in [1.29, 1.82) is 0 Å². The number of carbonyl (C=O) groups is 2. The number of carbonyl (C=O) groups excluding carboxylic acids is 2. The first-order valence-electron chi connectivity index (χ1n) is 8.27. The molecule has 0 heterocycles. The van der Waals surface area contributed by atoms with Gasteiger partial charge in [0.15, 0.2) is 11.6 Å². The molecule has 1 aliphatic carbocycles. The second kappa shape index (κ2) is 12.2.